The van der Waals surface area contributed by atoms with Crippen molar-refractivity contribution in [2.45, 2.75) is 0 Å². The maximum atomic E-state index is 5.19. The molecule has 1 atom stereocenters. The Morgan fingerprint density at radius 2 is 2.29 bits per heavy atom. The average Bonchev–Trinajstić information content (AvgIpc) is 1.68. The number of nitrogens with two attached hydrogens (primary N) is 2. The molecule has 7 heavy (non-hydrogen) atoms. The van der Waals surface area contributed by atoms with Crippen LogP contribution in [0.3, 0.4) is 0 Å². The number of nitrogens with zero attached hydrogens (tertiary/aromatic N) is 1. The second-order valence-electron chi connectivity index (χ2n) is 1.35. The number of quaternary nitrogens is 1. The van der Waals surface area contributed by atoms with Crippen LogP contribution in [0.2, 0.25) is 0 Å². The summed E-state index contributed by atoms with van der Waals surface area (Å²) >= 11 is 0. The van der Waals surface area contributed by atoms with Crippen LogP contribution in [0, 0.1) is 0 Å². The lowest BCUT2D eigenvalue weighted by Crippen LogP contribution is -2.47. The van der Waals surface area contributed by atoms with Gasteiger partial charge in [0.1, 0.15) is 13.2 Å². The Morgan fingerprint density at radius 3 is 2.29 bits per heavy atom. The smallest absolute Gasteiger partial charge is 0.143 e. The number of hydroxylamine groups is 2. The van der Waals surface area contributed by atoms with E-state index in [-0.39, 0.29) is 4.76 Å². The Morgan fingerprint density at radius 1 is 1.86 bits per heavy atom. The first-order valence-corrected chi connectivity index (χ1v) is 1.79. The highest BCUT2D eigenvalue weighted by molar-refractivity contribution is 4.43. The van der Waals surface area contributed by atoms with E-state index in [1.807, 2.05) is 0 Å². The van der Waals surface area contributed by atoms with Crippen LogP contribution >= 0.6 is 0 Å². The summed E-state index contributed by atoms with van der Waals surface area (Å²) in [6.07, 6.45) is 1.36. The lowest BCUT2D eigenvalue weighted by molar-refractivity contribution is -1.07. The van der Waals surface area contributed by atoms with Crippen molar-refractivity contribution >= 4 is 0 Å². The van der Waals surface area contributed by atoms with E-state index in [2.05, 4.69) is 11.5 Å². The molecular weight excluding hydrogens is 94.1 g/mol. The molecule has 0 aromatic rings. The molecule has 0 aliphatic carbocycles. The molecule has 42 valence electrons. The molecule has 0 radical (unpaired) electrons. The summed E-state index contributed by atoms with van der Waals surface area (Å²) in [4.78, 5) is 4.18. The van der Waals surface area contributed by atoms with Crippen molar-refractivity contribution in [3.8, 4) is 0 Å². The molecule has 0 aliphatic heterocycles. The van der Waals surface area contributed by atoms with Gasteiger partial charge in [-0.3, -0.25) is 0 Å². The van der Waals surface area contributed by atoms with Crippen LogP contribution in [-0.4, -0.2) is 11.8 Å². The number of rotatable bonds is 2. The maximum absolute atomic E-state index is 5.19. The molecule has 4 nitrogen and oxygen atoms in total. The normalized spacial score (nSPS) is 18.1. The fraction of sp³-hybridized carbons (Fsp3) is 0.333. The van der Waals surface area contributed by atoms with Crippen LogP contribution in [0.1, 0.15) is 0 Å². The Labute approximate surface area is 42.4 Å². The second kappa shape index (κ2) is 2.04. The summed E-state index contributed by atoms with van der Waals surface area (Å²) in [5.74, 6) is 9.88. The predicted octanol–water partition coefficient (Wildman–Crippen LogP) is -0.744. The van der Waals surface area contributed by atoms with Crippen molar-refractivity contribution in [1.29, 1.82) is 0 Å². The van der Waals surface area contributed by atoms with Crippen molar-refractivity contribution < 1.29 is 9.69 Å². The van der Waals surface area contributed by atoms with Crippen LogP contribution in [0.5, 0.6) is 0 Å². The summed E-state index contributed by atoms with van der Waals surface area (Å²) in [5.41, 5.74) is 0. The SMILES string of the molecule is C=C[N+](C)(N)ON. The minimum atomic E-state index is -0.319. The zero-order valence-electron chi connectivity index (χ0n) is 4.29. The summed E-state index contributed by atoms with van der Waals surface area (Å²) in [6, 6.07) is 0. The van der Waals surface area contributed by atoms with Gasteiger partial charge in [-0.05, 0) is 6.58 Å². The molecule has 4 N–H and O–H groups in total. The lowest BCUT2D eigenvalue weighted by atomic mass is 10.9. The molecule has 0 fully saturated rings. The van der Waals surface area contributed by atoms with Gasteiger partial charge in [0.05, 0.1) is 0 Å². The lowest BCUT2D eigenvalue weighted by Gasteiger charge is -2.14. The van der Waals surface area contributed by atoms with E-state index in [1.165, 1.54) is 6.20 Å². The fourth-order valence-electron chi connectivity index (χ4n) is 0.0430. The van der Waals surface area contributed by atoms with Gasteiger partial charge in [0.25, 0.3) is 0 Å². The van der Waals surface area contributed by atoms with Crippen LogP contribution in [0.25, 0.3) is 0 Å². The third-order valence-electron chi connectivity index (χ3n) is 0.590. The Balaban J connectivity index is 3.58. The van der Waals surface area contributed by atoms with E-state index < -0.39 is 0 Å². The van der Waals surface area contributed by atoms with Crippen LogP contribution < -0.4 is 11.7 Å². The van der Waals surface area contributed by atoms with Gasteiger partial charge in [-0.15, -0.1) is 5.84 Å². The predicted molar refractivity (Wildman–Crippen MR) is 25.8 cm³/mol. The summed E-state index contributed by atoms with van der Waals surface area (Å²) < 4.78 is -0.319. The van der Waals surface area contributed by atoms with Gasteiger partial charge in [0.15, 0.2) is 0 Å². The van der Waals surface area contributed by atoms with Crippen molar-refractivity contribution in [3.05, 3.63) is 12.8 Å². The largest absolute Gasteiger partial charge is 0.158 e. The van der Waals surface area contributed by atoms with Gasteiger partial charge in [-0.25, -0.2) is 0 Å². The number of hydrogen-bond acceptors (Lipinski definition) is 3. The molecule has 0 aromatic carbocycles. The summed E-state index contributed by atoms with van der Waals surface area (Å²) in [6.45, 7) is 3.35. The molecule has 0 aliphatic rings. The molecule has 0 amide bonds. The minimum absolute atomic E-state index is 0.319. The van der Waals surface area contributed by atoms with E-state index in [9.17, 15) is 0 Å². The van der Waals surface area contributed by atoms with Gasteiger partial charge >= 0.3 is 0 Å². The third-order valence-corrected chi connectivity index (χ3v) is 0.590. The highest BCUT2D eigenvalue weighted by Gasteiger charge is 2.08. The summed E-state index contributed by atoms with van der Waals surface area (Å²) in [5, 5.41) is 0. The van der Waals surface area contributed by atoms with E-state index >= 15 is 0 Å². The summed E-state index contributed by atoms with van der Waals surface area (Å²) in [7, 11) is 1.55. The van der Waals surface area contributed by atoms with E-state index in [4.69, 9.17) is 11.7 Å². The zero-order chi connectivity index (χ0) is 5.91. The average molecular weight is 104 g/mol. The third kappa shape index (κ3) is 2.30. The topological polar surface area (TPSA) is 61.3 Å². The van der Waals surface area contributed by atoms with E-state index in [0.29, 0.717) is 0 Å². The van der Waals surface area contributed by atoms with Crippen molar-refractivity contribution in [3.63, 3.8) is 0 Å². The first-order valence-electron chi connectivity index (χ1n) is 1.79. The molecule has 1 unspecified atom stereocenters. The second-order valence-corrected chi connectivity index (χ2v) is 1.35. The van der Waals surface area contributed by atoms with E-state index in [0.717, 1.165) is 0 Å². The molecule has 0 aromatic heterocycles. The first-order chi connectivity index (χ1) is 3.12. The molecule has 0 heterocycles. The van der Waals surface area contributed by atoms with Crippen LogP contribution in [0.15, 0.2) is 12.8 Å². The molecule has 0 saturated carbocycles. The minimum Gasteiger partial charge on any atom is -0.158 e. The van der Waals surface area contributed by atoms with Gasteiger partial charge in [0, 0.05) is 0 Å². The molecule has 4 heteroatoms. The Kier molecular flexibility index (Phi) is 1.91. The highest BCUT2D eigenvalue weighted by Crippen LogP contribution is 1.85. The Bertz CT molecular complexity index is 70.6. The van der Waals surface area contributed by atoms with Gasteiger partial charge in [-0.1, -0.05) is 9.69 Å². The fourth-order valence-corrected chi connectivity index (χ4v) is 0.0430. The maximum Gasteiger partial charge on any atom is 0.143 e. The molecular formula is C3H10N3O+. The zero-order valence-corrected chi connectivity index (χ0v) is 4.29. The van der Waals surface area contributed by atoms with Crippen molar-refractivity contribution in [1.82, 2.24) is 0 Å². The van der Waals surface area contributed by atoms with Crippen LogP contribution in [0.4, 0.5) is 0 Å². The van der Waals surface area contributed by atoms with Crippen molar-refractivity contribution in [2.75, 3.05) is 7.05 Å². The van der Waals surface area contributed by atoms with Crippen LogP contribution in [-0.2, 0) is 4.94 Å². The van der Waals surface area contributed by atoms with Gasteiger partial charge in [0.2, 0.25) is 0 Å². The quantitative estimate of drug-likeness (QED) is 0.275. The standard InChI is InChI=1S/C3H10N3O/c1-3-6(2,4)7-5/h3H,1,4-5H2,2H3/q+1. The van der Waals surface area contributed by atoms with Gasteiger partial charge < -0.3 is 0 Å². The Hall–Kier alpha value is -0.420. The molecule has 0 saturated heterocycles. The molecule has 0 bridgehead atoms. The van der Waals surface area contributed by atoms with Gasteiger partial charge in [-0.2, -0.15) is 5.90 Å². The number of hydrogen-bond donors (Lipinski definition) is 2. The van der Waals surface area contributed by atoms with E-state index in [1.54, 1.807) is 7.05 Å². The highest BCUT2D eigenvalue weighted by atomic mass is 16.8. The molecule has 0 spiro atoms. The first kappa shape index (κ1) is 6.58. The molecule has 0 rings (SSSR count). The monoisotopic (exact) mass is 104 g/mol. The van der Waals surface area contributed by atoms with Crippen molar-refractivity contribution in [2.24, 2.45) is 11.7 Å².